The van der Waals surface area contributed by atoms with E-state index in [1.54, 1.807) is 42.5 Å². The van der Waals surface area contributed by atoms with Gasteiger partial charge in [-0.15, -0.1) is 0 Å². The molecule has 1 heterocycles. The Morgan fingerprint density at radius 1 is 1.14 bits per heavy atom. The molecule has 0 radical (unpaired) electrons. The van der Waals surface area contributed by atoms with Crippen molar-refractivity contribution in [1.29, 1.82) is 0 Å². The molecular formula is C16H11BrN2O3. The molecule has 0 aliphatic heterocycles. The largest absolute Gasteiger partial charge is 0.454 e. The van der Waals surface area contributed by atoms with Gasteiger partial charge in [-0.25, -0.2) is 9.78 Å². The number of aromatic nitrogens is 2. The number of fused-ring (bicyclic) bond motifs is 1. The number of rotatable bonds is 3. The number of halogens is 1. The molecule has 1 N–H and O–H groups in total. The highest BCUT2D eigenvalue weighted by atomic mass is 79.9. The zero-order valence-corrected chi connectivity index (χ0v) is 13.0. The SMILES string of the molecule is O=C(OCc1nc2ccccc2c(=O)[nH]1)c1ccccc1Br. The fourth-order valence-electron chi connectivity index (χ4n) is 2.04. The number of esters is 1. The Hall–Kier alpha value is -2.47. The van der Waals surface area contributed by atoms with E-state index in [-0.39, 0.29) is 12.2 Å². The van der Waals surface area contributed by atoms with Gasteiger partial charge >= 0.3 is 5.97 Å². The number of hydrogen-bond donors (Lipinski definition) is 1. The topological polar surface area (TPSA) is 72.0 Å². The van der Waals surface area contributed by atoms with Crippen molar-refractivity contribution >= 4 is 32.8 Å². The van der Waals surface area contributed by atoms with Crippen molar-refractivity contribution in [3.05, 3.63) is 74.7 Å². The van der Waals surface area contributed by atoms with E-state index in [9.17, 15) is 9.59 Å². The molecule has 0 atom stereocenters. The van der Waals surface area contributed by atoms with Crippen LogP contribution in [-0.4, -0.2) is 15.9 Å². The number of carbonyl (C=O) groups excluding carboxylic acids is 1. The van der Waals surface area contributed by atoms with Crippen molar-refractivity contribution in [2.45, 2.75) is 6.61 Å². The summed E-state index contributed by atoms with van der Waals surface area (Å²) in [5.74, 6) is -0.174. The van der Waals surface area contributed by atoms with Crippen LogP contribution in [0.5, 0.6) is 0 Å². The zero-order valence-electron chi connectivity index (χ0n) is 11.4. The first-order valence-electron chi connectivity index (χ1n) is 6.55. The Kier molecular flexibility index (Phi) is 4.02. The van der Waals surface area contributed by atoms with Gasteiger partial charge in [0.15, 0.2) is 0 Å². The molecular weight excluding hydrogens is 348 g/mol. The van der Waals surface area contributed by atoms with Crippen molar-refractivity contribution in [1.82, 2.24) is 9.97 Å². The molecule has 6 heteroatoms. The zero-order chi connectivity index (χ0) is 15.5. The lowest BCUT2D eigenvalue weighted by Gasteiger charge is -2.06. The van der Waals surface area contributed by atoms with Gasteiger partial charge < -0.3 is 9.72 Å². The third-order valence-corrected chi connectivity index (χ3v) is 3.79. The molecule has 0 fully saturated rings. The molecule has 0 aliphatic carbocycles. The average molecular weight is 359 g/mol. The van der Waals surface area contributed by atoms with E-state index in [0.717, 1.165) is 0 Å². The first-order chi connectivity index (χ1) is 10.6. The maximum absolute atomic E-state index is 12.0. The second kappa shape index (κ2) is 6.11. The molecule has 3 rings (SSSR count). The Morgan fingerprint density at radius 3 is 2.68 bits per heavy atom. The van der Waals surface area contributed by atoms with Gasteiger partial charge in [0.2, 0.25) is 0 Å². The highest BCUT2D eigenvalue weighted by Crippen LogP contribution is 2.17. The minimum atomic E-state index is -0.483. The fourth-order valence-corrected chi connectivity index (χ4v) is 2.49. The van der Waals surface area contributed by atoms with Crippen LogP contribution < -0.4 is 5.56 Å². The van der Waals surface area contributed by atoms with Gasteiger partial charge in [-0.3, -0.25) is 4.79 Å². The summed E-state index contributed by atoms with van der Waals surface area (Å²) in [6.07, 6.45) is 0. The molecule has 0 bridgehead atoms. The second-order valence-corrected chi connectivity index (χ2v) is 5.44. The summed E-state index contributed by atoms with van der Waals surface area (Å²) >= 11 is 3.29. The van der Waals surface area contributed by atoms with Gasteiger partial charge in [0.25, 0.3) is 5.56 Å². The Morgan fingerprint density at radius 2 is 1.86 bits per heavy atom. The molecule has 0 unspecified atom stereocenters. The van der Waals surface area contributed by atoms with Gasteiger partial charge in [0.1, 0.15) is 12.4 Å². The molecule has 0 amide bonds. The second-order valence-electron chi connectivity index (χ2n) is 4.59. The number of benzene rings is 2. The van der Waals surface area contributed by atoms with Crippen LogP contribution >= 0.6 is 15.9 Å². The normalized spacial score (nSPS) is 10.6. The Labute approximate surface area is 134 Å². The smallest absolute Gasteiger partial charge is 0.339 e. The summed E-state index contributed by atoms with van der Waals surface area (Å²) in [4.78, 5) is 30.8. The predicted molar refractivity (Wildman–Crippen MR) is 85.6 cm³/mol. The molecule has 5 nitrogen and oxygen atoms in total. The monoisotopic (exact) mass is 358 g/mol. The van der Waals surface area contributed by atoms with Gasteiger partial charge in [-0.05, 0) is 40.2 Å². The Balaban J connectivity index is 1.81. The minimum absolute atomic E-state index is 0.0970. The van der Waals surface area contributed by atoms with Crippen LogP contribution in [0, 0.1) is 0 Å². The summed E-state index contributed by atoms with van der Waals surface area (Å²) in [5.41, 5.74) is 0.737. The number of H-pyrrole nitrogens is 1. The van der Waals surface area contributed by atoms with Crippen LogP contribution in [0.4, 0.5) is 0 Å². The highest BCUT2D eigenvalue weighted by molar-refractivity contribution is 9.10. The number of hydrogen-bond acceptors (Lipinski definition) is 4. The summed E-state index contributed by atoms with van der Waals surface area (Å²) in [6.45, 7) is -0.0970. The Bertz CT molecular complexity index is 905. The van der Waals surface area contributed by atoms with E-state index in [1.807, 2.05) is 6.07 Å². The van der Waals surface area contributed by atoms with Crippen LogP contribution in [0.25, 0.3) is 10.9 Å². The number of carbonyl (C=O) groups is 1. The van der Waals surface area contributed by atoms with Crippen molar-refractivity contribution < 1.29 is 9.53 Å². The van der Waals surface area contributed by atoms with E-state index in [2.05, 4.69) is 25.9 Å². The third kappa shape index (κ3) is 2.92. The fraction of sp³-hybridized carbons (Fsp3) is 0.0625. The standard InChI is InChI=1S/C16H11BrN2O3/c17-12-7-3-1-5-10(12)16(21)22-9-14-18-13-8-4-2-6-11(13)15(20)19-14/h1-8H,9H2,(H,18,19,20). The van der Waals surface area contributed by atoms with Crippen LogP contribution in [0.15, 0.2) is 57.8 Å². The summed E-state index contributed by atoms with van der Waals surface area (Å²) < 4.78 is 5.85. The lowest BCUT2D eigenvalue weighted by atomic mass is 10.2. The van der Waals surface area contributed by atoms with Crippen molar-refractivity contribution in [2.75, 3.05) is 0 Å². The van der Waals surface area contributed by atoms with Crippen molar-refractivity contribution in [3.8, 4) is 0 Å². The van der Waals surface area contributed by atoms with Crippen LogP contribution in [-0.2, 0) is 11.3 Å². The molecule has 0 saturated carbocycles. The lowest BCUT2D eigenvalue weighted by molar-refractivity contribution is 0.0461. The summed E-state index contributed by atoms with van der Waals surface area (Å²) in [6, 6.07) is 14.0. The number of para-hydroxylation sites is 1. The number of ether oxygens (including phenoxy) is 1. The van der Waals surface area contributed by atoms with Gasteiger partial charge in [-0.1, -0.05) is 24.3 Å². The first kappa shape index (κ1) is 14.5. The number of nitrogens with one attached hydrogen (secondary N) is 1. The average Bonchev–Trinajstić information content (AvgIpc) is 2.53. The molecule has 0 spiro atoms. The van der Waals surface area contributed by atoms with E-state index in [4.69, 9.17) is 4.74 Å². The molecule has 110 valence electrons. The van der Waals surface area contributed by atoms with Gasteiger partial charge in [-0.2, -0.15) is 0 Å². The maximum Gasteiger partial charge on any atom is 0.339 e. The number of nitrogens with zero attached hydrogens (tertiary/aromatic N) is 1. The molecule has 0 aliphatic rings. The van der Waals surface area contributed by atoms with Gasteiger partial charge in [0, 0.05) is 4.47 Å². The lowest BCUT2D eigenvalue weighted by Crippen LogP contribution is -2.14. The molecule has 2 aromatic carbocycles. The van der Waals surface area contributed by atoms with E-state index in [0.29, 0.717) is 26.8 Å². The predicted octanol–water partition coefficient (Wildman–Crippen LogP) is 3.04. The van der Waals surface area contributed by atoms with E-state index in [1.165, 1.54) is 0 Å². The molecule has 22 heavy (non-hydrogen) atoms. The van der Waals surface area contributed by atoms with Crippen LogP contribution in [0.1, 0.15) is 16.2 Å². The highest BCUT2D eigenvalue weighted by Gasteiger charge is 2.12. The van der Waals surface area contributed by atoms with Crippen LogP contribution in [0.3, 0.4) is 0 Å². The van der Waals surface area contributed by atoms with Gasteiger partial charge in [0.05, 0.1) is 16.5 Å². The molecule has 3 aromatic rings. The maximum atomic E-state index is 12.0. The van der Waals surface area contributed by atoms with Crippen LogP contribution in [0.2, 0.25) is 0 Å². The molecule has 1 aromatic heterocycles. The first-order valence-corrected chi connectivity index (χ1v) is 7.34. The number of aromatic amines is 1. The van der Waals surface area contributed by atoms with E-state index < -0.39 is 5.97 Å². The summed E-state index contributed by atoms with van der Waals surface area (Å²) in [5, 5.41) is 0.503. The quantitative estimate of drug-likeness (QED) is 0.730. The van der Waals surface area contributed by atoms with E-state index >= 15 is 0 Å². The van der Waals surface area contributed by atoms with Crippen molar-refractivity contribution in [3.63, 3.8) is 0 Å². The third-order valence-electron chi connectivity index (χ3n) is 3.10. The molecule has 0 saturated heterocycles. The van der Waals surface area contributed by atoms with Crippen molar-refractivity contribution in [2.24, 2.45) is 0 Å². The minimum Gasteiger partial charge on any atom is -0.454 e. The summed E-state index contributed by atoms with van der Waals surface area (Å²) in [7, 11) is 0.